The highest BCUT2D eigenvalue weighted by molar-refractivity contribution is 7.17. The molecule has 0 saturated heterocycles. The monoisotopic (exact) mass is 338 g/mol. The van der Waals surface area contributed by atoms with Crippen LogP contribution in [-0.4, -0.2) is 30.5 Å². The number of fused-ring (bicyclic) bond motifs is 1. The molecule has 0 aliphatic heterocycles. The number of nitrogens with one attached hydrogen (secondary N) is 1. The van der Waals surface area contributed by atoms with Gasteiger partial charge in [-0.1, -0.05) is 0 Å². The van der Waals surface area contributed by atoms with Crippen molar-refractivity contribution in [1.82, 2.24) is 24.5 Å². The molecular formula is C16H14N6OS. The van der Waals surface area contributed by atoms with Gasteiger partial charge >= 0.3 is 0 Å². The minimum absolute atomic E-state index is 0.222. The molecule has 24 heavy (non-hydrogen) atoms. The third-order valence-electron chi connectivity index (χ3n) is 3.77. The fourth-order valence-electron chi connectivity index (χ4n) is 2.73. The normalized spacial score (nSPS) is 11.1. The van der Waals surface area contributed by atoms with E-state index in [-0.39, 0.29) is 5.91 Å². The predicted molar refractivity (Wildman–Crippen MR) is 92.6 cm³/mol. The van der Waals surface area contributed by atoms with E-state index in [1.54, 1.807) is 36.3 Å². The maximum atomic E-state index is 12.8. The van der Waals surface area contributed by atoms with Gasteiger partial charge < -0.3 is 5.32 Å². The largest absolute Gasteiger partial charge is 0.322 e. The lowest BCUT2D eigenvalue weighted by Crippen LogP contribution is -2.16. The smallest absolute Gasteiger partial charge is 0.261 e. The summed E-state index contributed by atoms with van der Waals surface area (Å²) in [7, 11) is 1.78. The molecule has 0 spiro atoms. The molecule has 4 aromatic rings. The van der Waals surface area contributed by atoms with E-state index in [1.165, 1.54) is 15.7 Å². The first kappa shape index (κ1) is 14.6. The number of anilines is 1. The van der Waals surface area contributed by atoms with Crippen LogP contribution in [0.5, 0.6) is 0 Å². The molecule has 1 amide bonds. The van der Waals surface area contributed by atoms with E-state index < -0.39 is 0 Å². The van der Waals surface area contributed by atoms with E-state index >= 15 is 0 Å². The van der Waals surface area contributed by atoms with Gasteiger partial charge in [0.2, 0.25) is 0 Å². The van der Waals surface area contributed by atoms with Crippen LogP contribution < -0.4 is 5.32 Å². The average Bonchev–Trinajstić information content (AvgIpc) is 3.26. The molecule has 1 aromatic carbocycles. The lowest BCUT2D eigenvalue weighted by atomic mass is 10.2. The van der Waals surface area contributed by atoms with Gasteiger partial charge in [0, 0.05) is 17.4 Å². The lowest BCUT2D eigenvalue weighted by molar-refractivity contribution is 0.102. The van der Waals surface area contributed by atoms with E-state index in [1.807, 2.05) is 29.6 Å². The van der Waals surface area contributed by atoms with E-state index in [0.717, 1.165) is 11.1 Å². The van der Waals surface area contributed by atoms with Crippen LogP contribution in [-0.2, 0) is 7.05 Å². The third kappa shape index (κ3) is 2.37. The molecule has 0 radical (unpaired) electrons. The zero-order chi connectivity index (χ0) is 16.7. The Morgan fingerprint density at radius 1 is 1.29 bits per heavy atom. The number of hydrogen-bond acceptors (Lipinski definition) is 5. The van der Waals surface area contributed by atoms with Gasteiger partial charge in [-0.15, -0.1) is 11.3 Å². The number of carbonyl (C=O) groups excluding carboxylic acids is 1. The maximum absolute atomic E-state index is 12.8. The first-order valence-corrected chi connectivity index (χ1v) is 8.18. The van der Waals surface area contributed by atoms with Crippen molar-refractivity contribution < 1.29 is 4.79 Å². The minimum Gasteiger partial charge on any atom is -0.322 e. The SMILES string of the molecule is Cc1nn(C)c(-n2cncn2)c1C(=O)Nc1ccc2sccc2c1. The molecule has 8 heteroatoms. The van der Waals surface area contributed by atoms with Crippen molar-refractivity contribution in [2.24, 2.45) is 7.05 Å². The fraction of sp³-hybridized carbons (Fsp3) is 0.125. The van der Waals surface area contributed by atoms with E-state index in [9.17, 15) is 4.79 Å². The summed E-state index contributed by atoms with van der Waals surface area (Å²) < 4.78 is 4.35. The molecule has 3 heterocycles. The van der Waals surface area contributed by atoms with Crippen molar-refractivity contribution in [2.45, 2.75) is 6.92 Å². The number of carbonyl (C=O) groups is 1. The van der Waals surface area contributed by atoms with Gasteiger partial charge in [0.25, 0.3) is 5.91 Å². The van der Waals surface area contributed by atoms with Crippen LogP contribution in [0.25, 0.3) is 15.9 Å². The van der Waals surface area contributed by atoms with Crippen molar-refractivity contribution in [1.29, 1.82) is 0 Å². The number of aryl methyl sites for hydroxylation is 2. The Kier molecular flexibility index (Phi) is 3.39. The number of amides is 1. The summed E-state index contributed by atoms with van der Waals surface area (Å²) in [5, 5.41) is 14.5. The molecule has 7 nitrogen and oxygen atoms in total. The number of hydrogen-bond donors (Lipinski definition) is 1. The van der Waals surface area contributed by atoms with Gasteiger partial charge in [-0.25, -0.2) is 14.3 Å². The maximum Gasteiger partial charge on any atom is 0.261 e. The molecular weight excluding hydrogens is 324 g/mol. The molecule has 0 saturated carbocycles. The standard InChI is InChI=1S/C16H14N6OS/c1-10-14(16(21(2)20-10)22-9-17-8-18-22)15(23)19-12-3-4-13-11(7-12)5-6-24-13/h3-9H,1-2H3,(H,19,23). The molecule has 3 aromatic heterocycles. The predicted octanol–water partition coefficient (Wildman–Crippen LogP) is 2.78. The molecule has 1 N–H and O–H groups in total. The second kappa shape index (κ2) is 5.57. The summed E-state index contributed by atoms with van der Waals surface area (Å²) in [5.41, 5.74) is 1.87. The highest BCUT2D eigenvalue weighted by atomic mass is 32.1. The lowest BCUT2D eigenvalue weighted by Gasteiger charge is -2.08. The summed E-state index contributed by atoms with van der Waals surface area (Å²) in [6.45, 7) is 1.80. The summed E-state index contributed by atoms with van der Waals surface area (Å²) in [5.74, 6) is 0.361. The topological polar surface area (TPSA) is 77.6 Å². The Bertz CT molecular complexity index is 1030. The fourth-order valence-corrected chi connectivity index (χ4v) is 3.50. The molecule has 0 bridgehead atoms. The number of nitrogens with zero attached hydrogens (tertiary/aromatic N) is 5. The Morgan fingerprint density at radius 2 is 2.17 bits per heavy atom. The molecule has 120 valence electrons. The van der Waals surface area contributed by atoms with Crippen LogP contribution in [0.4, 0.5) is 5.69 Å². The van der Waals surface area contributed by atoms with Crippen molar-refractivity contribution in [3.05, 3.63) is 53.6 Å². The van der Waals surface area contributed by atoms with Crippen molar-refractivity contribution in [3.63, 3.8) is 0 Å². The van der Waals surface area contributed by atoms with Crippen molar-refractivity contribution >= 4 is 33.0 Å². The Labute approximate surface area is 141 Å². The molecule has 0 unspecified atom stereocenters. The first-order valence-electron chi connectivity index (χ1n) is 7.30. The molecule has 0 aliphatic carbocycles. The summed E-state index contributed by atoms with van der Waals surface area (Å²) in [4.78, 5) is 16.8. The highest BCUT2D eigenvalue weighted by Crippen LogP contribution is 2.25. The third-order valence-corrected chi connectivity index (χ3v) is 4.66. The van der Waals surface area contributed by atoms with Crippen LogP contribution >= 0.6 is 11.3 Å². The van der Waals surface area contributed by atoms with Crippen LogP contribution in [0, 0.1) is 6.92 Å². The number of thiophene rings is 1. The van der Waals surface area contributed by atoms with Gasteiger partial charge in [-0.3, -0.25) is 4.79 Å². The summed E-state index contributed by atoms with van der Waals surface area (Å²) in [6, 6.07) is 7.90. The van der Waals surface area contributed by atoms with E-state index in [4.69, 9.17) is 0 Å². The Hall–Kier alpha value is -3.00. The van der Waals surface area contributed by atoms with E-state index in [2.05, 4.69) is 20.5 Å². The van der Waals surface area contributed by atoms with Gasteiger partial charge in [-0.05, 0) is 42.0 Å². The zero-order valence-corrected chi connectivity index (χ0v) is 13.9. The van der Waals surface area contributed by atoms with Gasteiger partial charge in [0.15, 0.2) is 5.82 Å². The summed E-state index contributed by atoms with van der Waals surface area (Å²) in [6.07, 6.45) is 2.97. The second-order valence-corrected chi connectivity index (χ2v) is 6.32. The minimum atomic E-state index is -0.222. The highest BCUT2D eigenvalue weighted by Gasteiger charge is 2.22. The van der Waals surface area contributed by atoms with E-state index in [0.29, 0.717) is 17.1 Å². The second-order valence-electron chi connectivity index (χ2n) is 5.38. The van der Waals surface area contributed by atoms with Crippen molar-refractivity contribution in [3.8, 4) is 5.82 Å². The summed E-state index contributed by atoms with van der Waals surface area (Å²) >= 11 is 1.67. The Balaban J connectivity index is 1.72. The van der Waals surface area contributed by atoms with Gasteiger partial charge in [-0.2, -0.15) is 10.2 Å². The van der Waals surface area contributed by atoms with Crippen LogP contribution in [0.2, 0.25) is 0 Å². The van der Waals surface area contributed by atoms with Crippen LogP contribution in [0.1, 0.15) is 16.1 Å². The quantitative estimate of drug-likeness (QED) is 0.623. The van der Waals surface area contributed by atoms with Crippen LogP contribution in [0.15, 0.2) is 42.3 Å². The zero-order valence-electron chi connectivity index (χ0n) is 13.1. The molecule has 0 atom stereocenters. The number of benzene rings is 1. The van der Waals surface area contributed by atoms with Crippen LogP contribution in [0.3, 0.4) is 0 Å². The van der Waals surface area contributed by atoms with Crippen molar-refractivity contribution in [2.75, 3.05) is 5.32 Å². The average molecular weight is 338 g/mol. The Morgan fingerprint density at radius 3 is 2.96 bits per heavy atom. The number of aromatic nitrogens is 5. The molecule has 4 rings (SSSR count). The number of rotatable bonds is 3. The van der Waals surface area contributed by atoms with Gasteiger partial charge in [0.05, 0.1) is 5.69 Å². The first-order chi connectivity index (χ1) is 11.6. The molecule has 0 fully saturated rings. The van der Waals surface area contributed by atoms with Gasteiger partial charge in [0.1, 0.15) is 18.2 Å². The molecule has 0 aliphatic rings.